The van der Waals surface area contributed by atoms with E-state index in [1.54, 1.807) is 6.07 Å². The van der Waals surface area contributed by atoms with Gasteiger partial charge in [-0.25, -0.2) is 0 Å². The number of fused-ring (bicyclic) bond motifs is 2. The van der Waals surface area contributed by atoms with Crippen molar-refractivity contribution in [3.05, 3.63) is 35.4 Å². The Bertz CT molecular complexity index is 615. The number of carbonyl (C=O) groups is 2. The molecule has 1 saturated heterocycles. The largest absolute Gasteiger partial charge is 0.376 e. The topological polar surface area (TPSA) is 72.6 Å². The Morgan fingerprint density at radius 2 is 2.05 bits per heavy atom. The molecule has 2 heterocycles. The van der Waals surface area contributed by atoms with Crippen molar-refractivity contribution in [3.8, 4) is 0 Å². The first kappa shape index (κ1) is 13.0. The van der Waals surface area contributed by atoms with Gasteiger partial charge in [0.1, 0.15) is 0 Å². The first-order valence-electron chi connectivity index (χ1n) is 7.50. The molecule has 4 unspecified atom stereocenters. The maximum atomic E-state index is 12.7. The predicted molar refractivity (Wildman–Crippen MR) is 75.5 cm³/mol. The quantitative estimate of drug-likeness (QED) is 0.772. The van der Waals surface area contributed by atoms with Crippen LogP contribution in [-0.4, -0.2) is 41.5 Å². The van der Waals surface area contributed by atoms with Crippen molar-refractivity contribution in [2.75, 3.05) is 6.61 Å². The fourth-order valence-corrected chi connectivity index (χ4v) is 3.91. The Morgan fingerprint density at radius 1 is 1.24 bits per heavy atom. The van der Waals surface area contributed by atoms with E-state index >= 15 is 0 Å². The molecule has 4 rings (SSSR count). The highest BCUT2D eigenvalue weighted by Gasteiger charge is 2.56. The summed E-state index contributed by atoms with van der Waals surface area (Å²) in [5.41, 5.74) is 7.64. The lowest BCUT2D eigenvalue weighted by molar-refractivity contribution is -0.162. The number of benzene rings is 1. The van der Waals surface area contributed by atoms with Crippen LogP contribution in [0.5, 0.6) is 0 Å². The summed E-state index contributed by atoms with van der Waals surface area (Å²) < 4.78 is 5.77. The van der Waals surface area contributed by atoms with Gasteiger partial charge in [0.25, 0.3) is 5.91 Å². The van der Waals surface area contributed by atoms with Gasteiger partial charge in [-0.1, -0.05) is 18.2 Å². The average molecular weight is 286 g/mol. The zero-order valence-electron chi connectivity index (χ0n) is 11.7. The molecule has 0 aromatic heterocycles. The Kier molecular flexibility index (Phi) is 2.87. The van der Waals surface area contributed by atoms with Gasteiger partial charge >= 0.3 is 0 Å². The number of ether oxygens (including phenoxy) is 1. The third-order valence-electron chi connectivity index (χ3n) is 5.01. The molecule has 5 nitrogen and oxygen atoms in total. The van der Waals surface area contributed by atoms with E-state index in [0.29, 0.717) is 12.2 Å². The van der Waals surface area contributed by atoms with Gasteiger partial charge < -0.3 is 10.5 Å². The number of carbonyl (C=O) groups excluding carboxylic acids is 2. The third-order valence-corrected chi connectivity index (χ3v) is 5.01. The predicted octanol–water partition coefficient (Wildman–Crippen LogP) is 0.716. The molecule has 2 N–H and O–H groups in total. The van der Waals surface area contributed by atoms with Crippen LogP contribution in [0.25, 0.3) is 0 Å². The number of amides is 2. The van der Waals surface area contributed by atoms with Crippen molar-refractivity contribution in [1.29, 1.82) is 0 Å². The monoisotopic (exact) mass is 286 g/mol. The van der Waals surface area contributed by atoms with Gasteiger partial charge in [0.2, 0.25) is 5.91 Å². The van der Waals surface area contributed by atoms with Crippen molar-refractivity contribution in [1.82, 2.24) is 4.90 Å². The van der Waals surface area contributed by atoms with Crippen molar-refractivity contribution in [2.24, 2.45) is 11.7 Å². The molecular formula is C16H18N2O3. The van der Waals surface area contributed by atoms with Gasteiger partial charge in [-0.05, 0) is 24.5 Å². The minimum absolute atomic E-state index is 0.0769. The van der Waals surface area contributed by atoms with Gasteiger partial charge in [-0.2, -0.15) is 0 Å². The van der Waals surface area contributed by atoms with E-state index < -0.39 is 0 Å². The highest BCUT2D eigenvalue weighted by Crippen LogP contribution is 2.41. The summed E-state index contributed by atoms with van der Waals surface area (Å²) in [7, 11) is 0. The van der Waals surface area contributed by atoms with Crippen LogP contribution in [0, 0.1) is 5.92 Å². The molecule has 4 atom stereocenters. The minimum atomic E-state index is -0.302. The smallest absolute Gasteiger partial charge is 0.261 e. The SMILES string of the molecule is NC1C2CCCOC2C1N1C(=O)Cc2ccccc2C1=O. The highest BCUT2D eigenvalue weighted by atomic mass is 16.5. The number of nitrogens with zero attached hydrogens (tertiary/aromatic N) is 1. The summed E-state index contributed by atoms with van der Waals surface area (Å²) in [6.45, 7) is 0.692. The second-order valence-corrected chi connectivity index (χ2v) is 6.11. The molecule has 3 aliphatic rings. The van der Waals surface area contributed by atoms with E-state index in [1.165, 1.54) is 4.90 Å². The molecule has 1 aliphatic carbocycles. The summed E-state index contributed by atoms with van der Waals surface area (Å²) in [5, 5.41) is 0. The van der Waals surface area contributed by atoms with Gasteiger partial charge in [0.05, 0.1) is 18.6 Å². The second-order valence-electron chi connectivity index (χ2n) is 6.11. The Labute approximate surface area is 123 Å². The van der Waals surface area contributed by atoms with Crippen LogP contribution < -0.4 is 5.73 Å². The number of hydrogen-bond acceptors (Lipinski definition) is 4. The molecule has 21 heavy (non-hydrogen) atoms. The Balaban J connectivity index is 1.67. The van der Waals surface area contributed by atoms with Gasteiger partial charge in [0.15, 0.2) is 0 Å². The first-order valence-corrected chi connectivity index (χ1v) is 7.50. The third kappa shape index (κ3) is 1.77. The average Bonchev–Trinajstić information content (AvgIpc) is 2.51. The van der Waals surface area contributed by atoms with Crippen LogP contribution in [0.2, 0.25) is 0 Å². The molecule has 2 aliphatic heterocycles. The Hall–Kier alpha value is -1.72. The summed E-state index contributed by atoms with van der Waals surface area (Å²) >= 11 is 0. The van der Waals surface area contributed by atoms with Crippen LogP contribution in [0.3, 0.4) is 0 Å². The zero-order valence-corrected chi connectivity index (χ0v) is 11.7. The number of nitrogens with two attached hydrogens (primary N) is 1. The maximum Gasteiger partial charge on any atom is 0.261 e. The molecule has 1 saturated carbocycles. The van der Waals surface area contributed by atoms with Crippen LogP contribution in [0.4, 0.5) is 0 Å². The van der Waals surface area contributed by atoms with Crippen molar-refractivity contribution < 1.29 is 14.3 Å². The fraction of sp³-hybridized carbons (Fsp3) is 0.500. The number of rotatable bonds is 1. The summed E-state index contributed by atoms with van der Waals surface area (Å²) in [5.74, 6) is -0.108. The zero-order chi connectivity index (χ0) is 14.6. The van der Waals surface area contributed by atoms with Crippen LogP contribution >= 0.6 is 0 Å². The van der Waals surface area contributed by atoms with E-state index in [1.807, 2.05) is 18.2 Å². The molecule has 2 fully saturated rings. The van der Waals surface area contributed by atoms with E-state index in [-0.39, 0.29) is 42.3 Å². The maximum absolute atomic E-state index is 12.7. The molecule has 0 bridgehead atoms. The number of hydrogen-bond donors (Lipinski definition) is 1. The van der Waals surface area contributed by atoms with Crippen LogP contribution in [-0.2, 0) is 16.0 Å². The molecular weight excluding hydrogens is 268 g/mol. The summed E-state index contributed by atoms with van der Waals surface area (Å²) in [4.78, 5) is 26.5. The van der Waals surface area contributed by atoms with E-state index in [2.05, 4.69) is 0 Å². The lowest BCUT2D eigenvalue weighted by Crippen LogP contribution is -2.74. The van der Waals surface area contributed by atoms with E-state index in [4.69, 9.17) is 10.5 Å². The highest BCUT2D eigenvalue weighted by molar-refractivity contribution is 6.10. The molecule has 0 spiro atoms. The van der Waals surface area contributed by atoms with E-state index in [0.717, 1.165) is 18.4 Å². The molecule has 0 radical (unpaired) electrons. The van der Waals surface area contributed by atoms with Crippen molar-refractivity contribution in [3.63, 3.8) is 0 Å². The molecule has 1 aromatic rings. The minimum Gasteiger partial charge on any atom is -0.376 e. The molecule has 1 aromatic carbocycles. The van der Waals surface area contributed by atoms with E-state index in [9.17, 15) is 9.59 Å². The lowest BCUT2D eigenvalue weighted by atomic mass is 9.67. The van der Waals surface area contributed by atoms with Crippen LogP contribution in [0.1, 0.15) is 28.8 Å². The molecule has 5 heteroatoms. The first-order chi connectivity index (χ1) is 10.2. The van der Waals surface area contributed by atoms with Crippen molar-refractivity contribution >= 4 is 11.8 Å². The molecule has 2 amide bonds. The standard InChI is InChI=1S/C16H18N2O3/c17-13-11-6-3-7-21-15(11)14(13)18-12(19)8-9-4-1-2-5-10(9)16(18)20/h1-2,4-5,11,13-15H,3,6-8,17H2. The summed E-state index contributed by atoms with van der Waals surface area (Å²) in [6.07, 6.45) is 2.22. The van der Waals surface area contributed by atoms with Gasteiger partial charge in [-0.15, -0.1) is 0 Å². The second kappa shape index (κ2) is 4.64. The lowest BCUT2D eigenvalue weighted by Gasteiger charge is -2.55. The van der Waals surface area contributed by atoms with Gasteiger partial charge in [-0.3, -0.25) is 14.5 Å². The molecule has 110 valence electrons. The van der Waals surface area contributed by atoms with Crippen molar-refractivity contribution in [2.45, 2.75) is 37.5 Å². The fourth-order valence-electron chi connectivity index (χ4n) is 3.91. The number of imide groups is 1. The normalized spacial score (nSPS) is 35.0. The Morgan fingerprint density at radius 3 is 2.90 bits per heavy atom. The van der Waals surface area contributed by atoms with Gasteiger partial charge in [0, 0.05) is 24.1 Å². The van der Waals surface area contributed by atoms with Crippen LogP contribution in [0.15, 0.2) is 24.3 Å². The summed E-state index contributed by atoms with van der Waals surface area (Å²) in [6, 6.07) is 6.83.